The number of aldehydes is 1. The Balaban J connectivity index is 3.26. The quantitative estimate of drug-likeness (QED) is 0.593. The van der Waals surface area contributed by atoms with E-state index in [1.165, 1.54) is 14.2 Å². The van der Waals surface area contributed by atoms with E-state index in [9.17, 15) is 14.9 Å². The van der Waals surface area contributed by atoms with Gasteiger partial charge in [-0.2, -0.15) is 5.26 Å². The fourth-order valence-corrected chi connectivity index (χ4v) is 2.11. The van der Waals surface area contributed by atoms with Crippen LogP contribution in [0, 0.1) is 11.3 Å². The molecule has 0 aliphatic rings. The van der Waals surface area contributed by atoms with Gasteiger partial charge in [0.15, 0.2) is 5.60 Å². The van der Waals surface area contributed by atoms with Gasteiger partial charge in [0.25, 0.3) is 0 Å². The van der Waals surface area contributed by atoms with Crippen molar-refractivity contribution in [2.24, 2.45) is 0 Å². The minimum atomic E-state index is -1.63. The highest BCUT2D eigenvalue weighted by Crippen LogP contribution is 2.33. The molecule has 6 heteroatoms. The lowest BCUT2D eigenvalue weighted by Crippen LogP contribution is -2.40. The van der Waals surface area contributed by atoms with Crippen molar-refractivity contribution in [3.63, 3.8) is 0 Å². The fraction of sp³-hybridized carbons (Fsp3) is 0.357. The maximum atomic E-state index is 11.5. The highest BCUT2D eigenvalue weighted by molar-refractivity contribution is 6.30. The molecular formula is C14H14ClNO4. The molecule has 0 bridgehead atoms. The minimum absolute atomic E-state index is 0.355. The number of hydrogen-bond donors (Lipinski definition) is 0. The van der Waals surface area contributed by atoms with Gasteiger partial charge in [0.1, 0.15) is 6.29 Å². The van der Waals surface area contributed by atoms with Crippen LogP contribution >= 0.6 is 11.6 Å². The molecule has 106 valence electrons. The predicted molar refractivity (Wildman–Crippen MR) is 72.2 cm³/mol. The zero-order valence-electron chi connectivity index (χ0n) is 11.1. The molecule has 5 nitrogen and oxygen atoms in total. The summed E-state index contributed by atoms with van der Waals surface area (Å²) in [4.78, 5) is 22.9. The number of rotatable bonds is 6. The molecule has 0 fully saturated rings. The highest BCUT2D eigenvalue weighted by Gasteiger charge is 2.43. The van der Waals surface area contributed by atoms with Gasteiger partial charge in [0.2, 0.25) is 0 Å². The molecule has 1 aromatic carbocycles. The average Bonchev–Trinajstić information content (AvgIpc) is 2.46. The van der Waals surface area contributed by atoms with Crippen molar-refractivity contribution >= 4 is 23.9 Å². The Morgan fingerprint density at radius 1 is 1.55 bits per heavy atom. The first-order chi connectivity index (χ1) is 9.52. The second-order valence-corrected chi connectivity index (χ2v) is 4.56. The SMILES string of the molecule is COC(=O)CC(C#N)(OC)C(C=O)c1cccc(Cl)c1. The maximum Gasteiger partial charge on any atom is 0.309 e. The van der Waals surface area contributed by atoms with E-state index in [2.05, 4.69) is 4.74 Å². The second-order valence-electron chi connectivity index (χ2n) is 4.13. The van der Waals surface area contributed by atoms with Crippen LogP contribution in [0.5, 0.6) is 0 Å². The van der Waals surface area contributed by atoms with Gasteiger partial charge in [0, 0.05) is 12.1 Å². The third-order valence-electron chi connectivity index (χ3n) is 3.03. The van der Waals surface area contributed by atoms with Crippen LogP contribution in [0.1, 0.15) is 17.9 Å². The first kappa shape index (κ1) is 16.2. The Kier molecular flexibility index (Phi) is 5.68. The molecule has 0 saturated heterocycles. The molecule has 0 radical (unpaired) electrons. The van der Waals surface area contributed by atoms with E-state index in [-0.39, 0.29) is 6.42 Å². The van der Waals surface area contributed by atoms with Crippen molar-refractivity contribution in [3.05, 3.63) is 34.9 Å². The standard InChI is InChI=1S/C14H14ClNO4/c1-19-13(18)7-14(9-16,20-2)12(8-17)10-4-3-5-11(15)6-10/h3-6,8,12H,7H2,1-2H3. The summed E-state index contributed by atoms with van der Waals surface area (Å²) in [6, 6.07) is 8.41. The van der Waals surface area contributed by atoms with Crippen LogP contribution in [0.3, 0.4) is 0 Å². The number of halogens is 1. The molecule has 0 aliphatic carbocycles. The van der Waals surface area contributed by atoms with Crippen LogP contribution in [0.25, 0.3) is 0 Å². The van der Waals surface area contributed by atoms with Crippen LogP contribution < -0.4 is 0 Å². The first-order valence-corrected chi connectivity index (χ1v) is 6.14. The van der Waals surface area contributed by atoms with Gasteiger partial charge in [-0.05, 0) is 17.7 Å². The van der Waals surface area contributed by atoms with E-state index < -0.39 is 17.5 Å². The molecular weight excluding hydrogens is 282 g/mol. The van der Waals surface area contributed by atoms with Gasteiger partial charge >= 0.3 is 5.97 Å². The Bertz CT molecular complexity index is 540. The molecule has 20 heavy (non-hydrogen) atoms. The number of methoxy groups -OCH3 is 2. The molecule has 0 N–H and O–H groups in total. The minimum Gasteiger partial charge on any atom is -0.469 e. The lowest BCUT2D eigenvalue weighted by Gasteiger charge is -2.29. The number of hydrogen-bond acceptors (Lipinski definition) is 5. The number of carbonyl (C=O) groups is 2. The monoisotopic (exact) mass is 295 g/mol. The van der Waals surface area contributed by atoms with Gasteiger partial charge in [0.05, 0.1) is 25.5 Å². The number of ether oxygens (including phenoxy) is 2. The van der Waals surface area contributed by atoms with Crippen LogP contribution in [-0.2, 0) is 19.1 Å². The number of benzene rings is 1. The number of nitriles is 1. The summed E-state index contributed by atoms with van der Waals surface area (Å²) in [5.41, 5.74) is -1.13. The van der Waals surface area contributed by atoms with Gasteiger partial charge in [-0.15, -0.1) is 0 Å². The number of carbonyl (C=O) groups excluding carboxylic acids is 2. The lowest BCUT2D eigenvalue weighted by atomic mass is 9.81. The van der Waals surface area contributed by atoms with Crippen LogP contribution in [0.4, 0.5) is 0 Å². The molecule has 1 aromatic rings. The van der Waals surface area contributed by atoms with E-state index in [1.807, 2.05) is 6.07 Å². The van der Waals surface area contributed by atoms with Crippen LogP contribution in [-0.4, -0.2) is 32.1 Å². The largest absolute Gasteiger partial charge is 0.469 e. The summed E-state index contributed by atoms with van der Waals surface area (Å²) in [6.45, 7) is 0. The highest BCUT2D eigenvalue weighted by atomic mass is 35.5. The van der Waals surface area contributed by atoms with E-state index in [1.54, 1.807) is 24.3 Å². The molecule has 2 unspecified atom stereocenters. The maximum absolute atomic E-state index is 11.5. The van der Waals surface area contributed by atoms with E-state index in [0.717, 1.165) is 0 Å². The molecule has 0 spiro atoms. The second kappa shape index (κ2) is 7.04. The summed E-state index contributed by atoms with van der Waals surface area (Å²) in [6.07, 6.45) is 0.216. The summed E-state index contributed by atoms with van der Waals surface area (Å²) in [5.74, 6) is -1.59. The first-order valence-electron chi connectivity index (χ1n) is 5.77. The molecule has 0 amide bonds. The van der Waals surface area contributed by atoms with Crippen molar-refractivity contribution < 1.29 is 19.1 Å². The predicted octanol–water partition coefficient (Wildman–Crippen LogP) is 2.09. The Morgan fingerprint density at radius 2 is 2.25 bits per heavy atom. The third kappa shape index (κ3) is 3.35. The number of esters is 1. The summed E-state index contributed by atoms with van der Waals surface area (Å²) in [5, 5.41) is 9.80. The summed E-state index contributed by atoms with van der Waals surface area (Å²) in [7, 11) is 2.47. The van der Waals surface area contributed by atoms with Crippen molar-refractivity contribution in [3.8, 4) is 6.07 Å². The molecule has 1 rings (SSSR count). The van der Waals surface area contributed by atoms with E-state index in [0.29, 0.717) is 16.9 Å². The average molecular weight is 296 g/mol. The molecule has 2 atom stereocenters. The smallest absolute Gasteiger partial charge is 0.309 e. The Morgan fingerprint density at radius 3 is 2.70 bits per heavy atom. The summed E-state index contributed by atoms with van der Waals surface area (Å²) >= 11 is 5.88. The van der Waals surface area contributed by atoms with Crippen molar-refractivity contribution in [2.75, 3.05) is 14.2 Å². The molecule has 0 saturated carbocycles. The summed E-state index contributed by atoms with van der Waals surface area (Å²) < 4.78 is 9.72. The van der Waals surface area contributed by atoms with Crippen LogP contribution in [0.2, 0.25) is 5.02 Å². The van der Waals surface area contributed by atoms with Crippen molar-refractivity contribution in [2.45, 2.75) is 17.9 Å². The Hall–Kier alpha value is -1.90. The van der Waals surface area contributed by atoms with E-state index in [4.69, 9.17) is 16.3 Å². The van der Waals surface area contributed by atoms with Crippen LogP contribution in [0.15, 0.2) is 24.3 Å². The lowest BCUT2D eigenvalue weighted by molar-refractivity contribution is -0.146. The molecule has 0 aliphatic heterocycles. The van der Waals surface area contributed by atoms with E-state index >= 15 is 0 Å². The normalized spacial score (nSPS) is 14.7. The van der Waals surface area contributed by atoms with Gasteiger partial charge in [-0.1, -0.05) is 23.7 Å². The topological polar surface area (TPSA) is 76.4 Å². The van der Waals surface area contributed by atoms with Crippen molar-refractivity contribution in [1.29, 1.82) is 5.26 Å². The zero-order valence-corrected chi connectivity index (χ0v) is 11.9. The molecule has 0 aromatic heterocycles. The zero-order chi connectivity index (χ0) is 15.2. The number of nitrogens with zero attached hydrogens (tertiary/aromatic N) is 1. The van der Waals surface area contributed by atoms with Gasteiger partial charge in [-0.3, -0.25) is 4.79 Å². The van der Waals surface area contributed by atoms with Gasteiger partial charge < -0.3 is 14.3 Å². The third-order valence-corrected chi connectivity index (χ3v) is 3.27. The Labute approximate surface area is 122 Å². The fourth-order valence-electron chi connectivity index (χ4n) is 1.91. The molecule has 0 heterocycles. The van der Waals surface area contributed by atoms with Gasteiger partial charge in [-0.25, -0.2) is 0 Å². The van der Waals surface area contributed by atoms with Crippen molar-refractivity contribution in [1.82, 2.24) is 0 Å².